The largest absolute Gasteiger partial charge is 0.395 e. The van der Waals surface area contributed by atoms with E-state index in [-0.39, 0.29) is 12.5 Å². The molecule has 0 spiro atoms. The van der Waals surface area contributed by atoms with Crippen LogP contribution in [0.25, 0.3) is 0 Å². The Morgan fingerprint density at radius 2 is 2.25 bits per heavy atom. The van der Waals surface area contributed by atoms with Crippen molar-refractivity contribution in [1.29, 1.82) is 0 Å². The molecule has 5 heteroatoms. The second kappa shape index (κ2) is 4.82. The first-order valence-corrected chi connectivity index (χ1v) is 5.93. The minimum absolute atomic E-state index is 0.121. The minimum Gasteiger partial charge on any atom is -0.395 e. The molecule has 0 aromatic carbocycles. The Morgan fingerprint density at radius 3 is 2.69 bits per heavy atom. The van der Waals surface area contributed by atoms with Gasteiger partial charge >= 0.3 is 6.01 Å². The number of rotatable bonds is 5. The maximum absolute atomic E-state index is 9.05. The molecular formula is C11H19N3O2. The fourth-order valence-electron chi connectivity index (χ4n) is 1.82. The molecule has 0 radical (unpaired) electrons. The molecule has 0 atom stereocenters. The molecule has 2 rings (SSSR count). The van der Waals surface area contributed by atoms with E-state index in [2.05, 4.69) is 10.1 Å². The van der Waals surface area contributed by atoms with E-state index in [0.29, 0.717) is 18.6 Å². The van der Waals surface area contributed by atoms with Crippen molar-refractivity contribution in [2.45, 2.75) is 45.1 Å². The standard InChI is InChI=1S/C11H19N3O2/c1-8(2)10-12-11(16-13-10)14(6-7-15)9-4-3-5-9/h8-9,15H,3-7H2,1-2H3. The molecule has 1 aliphatic rings. The van der Waals surface area contributed by atoms with Crippen molar-refractivity contribution in [3.63, 3.8) is 0 Å². The molecular weight excluding hydrogens is 206 g/mol. The Hall–Kier alpha value is -1.10. The van der Waals surface area contributed by atoms with Gasteiger partial charge in [0, 0.05) is 18.5 Å². The van der Waals surface area contributed by atoms with Gasteiger partial charge in [-0.2, -0.15) is 4.98 Å². The summed E-state index contributed by atoms with van der Waals surface area (Å²) in [5.74, 6) is 1.01. The highest BCUT2D eigenvalue weighted by molar-refractivity contribution is 5.28. The van der Waals surface area contributed by atoms with Crippen molar-refractivity contribution in [3.8, 4) is 0 Å². The van der Waals surface area contributed by atoms with Crippen LogP contribution < -0.4 is 4.90 Å². The van der Waals surface area contributed by atoms with Crippen LogP contribution in [0.1, 0.15) is 44.9 Å². The van der Waals surface area contributed by atoms with Crippen molar-refractivity contribution < 1.29 is 9.63 Å². The van der Waals surface area contributed by atoms with E-state index in [4.69, 9.17) is 9.63 Å². The summed E-state index contributed by atoms with van der Waals surface area (Å²) < 4.78 is 5.25. The van der Waals surface area contributed by atoms with Crippen LogP contribution in [0.4, 0.5) is 6.01 Å². The third-order valence-corrected chi connectivity index (χ3v) is 3.05. The third-order valence-electron chi connectivity index (χ3n) is 3.05. The van der Waals surface area contributed by atoms with Gasteiger partial charge in [-0.1, -0.05) is 19.0 Å². The van der Waals surface area contributed by atoms with E-state index in [1.807, 2.05) is 18.7 Å². The maximum atomic E-state index is 9.05. The summed E-state index contributed by atoms with van der Waals surface area (Å²) in [4.78, 5) is 6.40. The number of aliphatic hydroxyl groups is 1. The average Bonchev–Trinajstić information content (AvgIpc) is 2.62. The van der Waals surface area contributed by atoms with Crippen molar-refractivity contribution in [2.75, 3.05) is 18.1 Å². The molecule has 1 fully saturated rings. The Balaban J connectivity index is 2.10. The molecule has 16 heavy (non-hydrogen) atoms. The van der Waals surface area contributed by atoms with Gasteiger partial charge in [-0.15, -0.1) is 0 Å². The predicted octanol–water partition coefficient (Wildman–Crippen LogP) is 1.54. The molecule has 1 aliphatic carbocycles. The number of aromatic nitrogens is 2. The molecule has 0 bridgehead atoms. The van der Waals surface area contributed by atoms with Crippen molar-refractivity contribution in [2.24, 2.45) is 0 Å². The first-order chi connectivity index (χ1) is 7.72. The van der Waals surface area contributed by atoms with Gasteiger partial charge in [0.2, 0.25) is 0 Å². The zero-order valence-electron chi connectivity index (χ0n) is 9.89. The van der Waals surface area contributed by atoms with Gasteiger partial charge in [-0.3, -0.25) is 0 Å². The summed E-state index contributed by atoms with van der Waals surface area (Å²) in [6, 6.07) is 1.02. The van der Waals surface area contributed by atoms with E-state index in [1.165, 1.54) is 6.42 Å². The lowest BCUT2D eigenvalue weighted by atomic mass is 9.92. The molecule has 1 aromatic rings. The summed E-state index contributed by atoms with van der Waals surface area (Å²) in [7, 11) is 0. The summed E-state index contributed by atoms with van der Waals surface area (Å²) in [6.07, 6.45) is 3.55. The van der Waals surface area contributed by atoms with Crippen molar-refractivity contribution >= 4 is 6.01 Å². The van der Waals surface area contributed by atoms with E-state index >= 15 is 0 Å². The number of aliphatic hydroxyl groups excluding tert-OH is 1. The second-order valence-corrected chi connectivity index (χ2v) is 4.59. The van der Waals surface area contributed by atoms with E-state index < -0.39 is 0 Å². The van der Waals surface area contributed by atoms with Crippen LogP contribution in [-0.4, -0.2) is 34.4 Å². The lowest BCUT2D eigenvalue weighted by molar-refractivity contribution is 0.271. The summed E-state index contributed by atoms with van der Waals surface area (Å²) in [5, 5.41) is 13.0. The predicted molar refractivity (Wildman–Crippen MR) is 60.5 cm³/mol. The molecule has 0 unspecified atom stereocenters. The molecule has 1 N–H and O–H groups in total. The van der Waals surface area contributed by atoms with Crippen LogP contribution in [0.3, 0.4) is 0 Å². The molecule has 0 aliphatic heterocycles. The zero-order chi connectivity index (χ0) is 11.5. The van der Waals surface area contributed by atoms with Crippen molar-refractivity contribution in [1.82, 2.24) is 10.1 Å². The van der Waals surface area contributed by atoms with E-state index in [0.717, 1.165) is 18.7 Å². The van der Waals surface area contributed by atoms with Crippen LogP contribution in [-0.2, 0) is 0 Å². The molecule has 1 saturated carbocycles. The Morgan fingerprint density at radius 1 is 1.50 bits per heavy atom. The van der Waals surface area contributed by atoms with Crippen molar-refractivity contribution in [3.05, 3.63) is 5.82 Å². The molecule has 1 aromatic heterocycles. The highest BCUT2D eigenvalue weighted by atomic mass is 16.5. The molecule has 1 heterocycles. The van der Waals surface area contributed by atoms with Crippen LogP contribution in [0, 0.1) is 0 Å². The Kier molecular flexibility index (Phi) is 3.43. The monoisotopic (exact) mass is 225 g/mol. The minimum atomic E-state index is 0.121. The Bertz CT molecular complexity index is 334. The summed E-state index contributed by atoms with van der Waals surface area (Å²) in [5.41, 5.74) is 0. The topological polar surface area (TPSA) is 62.4 Å². The van der Waals surface area contributed by atoms with Crippen LogP contribution in [0.5, 0.6) is 0 Å². The van der Waals surface area contributed by atoms with Crippen LogP contribution in [0.15, 0.2) is 4.52 Å². The lowest BCUT2D eigenvalue weighted by Crippen LogP contribution is -2.42. The van der Waals surface area contributed by atoms with E-state index in [9.17, 15) is 0 Å². The average molecular weight is 225 g/mol. The fraction of sp³-hybridized carbons (Fsp3) is 0.818. The molecule has 5 nitrogen and oxygen atoms in total. The number of hydrogen-bond donors (Lipinski definition) is 1. The molecule has 0 amide bonds. The van der Waals surface area contributed by atoms with Crippen LogP contribution >= 0.6 is 0 Å². The normalized spacial score (nSPS) is 16.5. The maximum Gasteiger partial charge on any atom is 0.324 e. The third kappa shape index (κ3) is 2.19. The summed E-state index contributed by atoms with van der Waals surface area (Å²) in [6.45, 7) is 4.77. The lowest BCUT2D eigenvalue weighted by Gasteiger charge is -2.35. The highest BCUT2D eigenvalue weighted by Crippen LogP contribution is 2.28. The van der Waals surface area contributed by atoms with Gasteiger partial charge in [-0.25, -0.2) is 0 Å². The Labute approximate surface area is 95.4 Å². The first kappa shape index (κ1) is 11.4. The second-order valence-electron chi connectivity index (χ2n) is 4.59. The van der Waals surface area contributed by atoms with Gasteiger partial charge in [0.25, 0.3) is 0 Å². The van der Waals surface area contributed by atoms with Crippen LogP contribution in [0.2, 0.25) is 0 Å². The smallest absolute Gasteiger partial charge is 0.324 e. The number of hydrogen-bond acceptors (Lipinski definition) is 5. The van der Waals surface area contributed by atoms with Gasteiger partial charge in [0.1, 0.15) is 0 Å². The molecule has 0 saturated heterocycles. The fourth-order valence-corrected chi connectivity index (χ4v) is 1.82. The van der Waals surface area contributed by atoms with Gasteiger partial charge < -0.3 is 14.5 Å². The molecule has 90 valence electrons. The van der Waals surface area contributed by atoms with Gasteiger partial charge in [0.15, 0.2) is 5.82 Å². The zero-order valence-corrected chi connectivity index (χ0v) is 9.89. The number of anilines is 1. The number of nitrogens with zero attached hydrogens (tertiary/aromatic N) is 3. The highest BCUT2D eigenvalue weighted by Gasteiger charge is 2.28. The van der Waals surface area contributed by atoms with E-state index in [1.54, 1.807) is 0 Å². The van der Waals surface area contributed by atoms with Gasteiger partial charge in [-0.05, 0) is 19.3 Å². The summed E-state index contributed by atoms with van der Waals surface area (Å²) >= 11 is 0. The SMILES string of the molecule is CC(C)c1noc(N(CCO)C2CCC2)n1. The quantitative estimate of drug-likeness (QED) is 0.823. The van der Waals surface area contributed by atoms with Gasteiger partial charge in [0.05, 0.1) is 6.61 Å². The first-order valence-electron chi connectivity index (χ1n) is 5.93.